The molecule has 0 amide bonds. The van der Waals surface area contributed by atoms with Crippen molar-refractivity contribution in [3.05, 3.63) is 130 Å². The number of hydrogen-bond donors (Lipinski definition) is 0. The van der Waals surface area contributed by atoms with Crippen molar-refractivity contribution < 1.29 is 21.6 Å². The molecule has 6 rings (SSSR count). The Morgan fingerprint density at radius 2 is 1.19 bits per heavy atom. The highest BCUT2D eigenvalue weighted by atomic mass is 79.9. The number of benzene rings is 4. The molecular formula is C33H31BrN2O5S2. The van der Waals surface area contributed by atoms with Crippen molar-refractivity contribution in [3.8, 4) is 0 Å². The maximum Gasteiger partial charge on any atom is 0.243 e. The van der Waals surface area contributed by atoms with E-state index in [0.29, 0.717) is 0 Å². The summed E-state index contributed by atoms with van der Waals surface area (Å²) in [6, 6.07) is 29.4. The Bertz CT molecular complexity index is 1830. The Morgan fingerprint density at radius 3 is 1.77 bits per heavy atom. The van der Waals surface area contributed by atoms with E-state index in [1.54, 1.807) is 48.5 Å². The SMILES string of the molecule is Cc1ccc(S(=O)(=O)N2C[C@H]3C(=O)C[C@@H](c4ccccc4)N(S(=O)(=O)c4ccc(Br)cc4)[C@H]3C[C@H]2c2ccccc2)cc1. The molecule has 0 radical (unpaired) electrons. The number of piperidine rings is 2. The Kier molecular flexibility index (Phi) is 8.16. The van der Waals surface area contributed by atoms with Crippen molar-refractivity contribution in [1.29, 1.82) is 0 Å². The highest BCUT2D eigenvalue weighted by molar-refractivity contribution is 9.10. The molecule has 0 aromatic heterocycles. The van der Waals surface area contributed by atoms with Gasteiger partial charge >= 0.3 is 0 Å². The summed E-state index contributed by atoms with van der Waals surface area (Å²) in [6.07, 6.45) is 0.0833. The van der Waals surface area contributed by atoms with Crippen LogP contribution in [0.2, 0.25) is 0 Å². The number of rotatable bonds is 6. The van der Waals surface area contributed by atoms with Crippen LogP contribution in [0.25, 0.3) is 0 Å². The average Bonchev–Trinajstić information content (AvgIpc) is 3.01. The van der Waals surface area contributed by atoms with Crippen LogP contribution < -0.4 is 0 Å². The standard InChI is InChI=1S/C33H31BrN2O5S2/c1-23-12-16-27(17-13-23)42(38,39)35-22-29-32(20-30(35)24-8-4-2-5-9-24)36(43(40,41)28-18-14-26(34)15-19-28)31(21-33(29)37)25-10-6-3-7-11-25/h2-19,29-32H,20-22H2,1H3/t29-,30+,31+,32+/m1/s1. The molecule has 4 atom stereocenters. The first-order chi connectivity index (χ1) is 20.6. The van der Waals surface area contributed by atoms with Crippen LogP contribution in [0.3, 0.4) is 0 Å². The van der Waals surface area contributed by atoms with Crippen molar-refractivity contribution >= 4 is 41.8 Å². The van der Waals surface area contributed by atoms with Crippen molar-refractivity contribution in [2.75, 3.05) is 6.54 Å². The number of sulfonamides is 2. The summed E-state index contributed by atoms with van der Waals surface area (Å²) in [5.74, 6) is -0.970. The van der Waals surface area contributed by atoms with E-state index in [1.165, 1.54) is 8.61 Å². The van der Waals surface area contributed by atoms with Gasteiger partial charge in [-0.25, -0.2) is 16.8 Å². The minimum absolute atomic E-state index is 0.0463. The third-order valence-electron chi connectivity index (χ3n) is 8.48. The average molecular weight is 680 g/mol. The number of nitrogens with zero attached hydrogens (tertiary/aromatic N) is 2. The Balaban J connectivity index is 1.50. The first-order valence-corrected chi connectivity index (χ1v) is 17.7. The predicted molar refractivity (Wildman–Crippen MR) is 168 cm³/mol. The lowest BCUT2D eigenvalue weighted by Gasteiger charge is -2.51. The molecule has 0 aliphatic carbocycles. The van der Waals surface area contributed by atoms with Gasteiger partial charge in [0, 0.05) is 29.4 Å². The van der Waals surface area contributed by atoms with Crippen LogP contribution in [-0.4, -0.2) is 43.8 Å². The Hall–Kier alpha value is -3.15. The highest BCUT2D eigenvalue weighted by Crippen LogP contribution is 2.48. The summed E-state index contributed by atoms with van der Waals surface area (Å²) in [5.41, 5.74) is 2.40. The second-order valence-electron chi connectivity index (χ2n) is 11.1. The number of carbonyl (C=O) groups excluding carboxylic acids is 1. The molecular weight excluding hydrogens is 648 g/mol. The van der Waals surface area contributed by atoms with Gasteiger partial charge in [0.15, 0.2) is 0 Å². The van der Waals surface area contributed by atoms with Gasteiger partial charge in [0.05, 0.1) is 21.9 Å². The van der Waals surface area contributed by atoms with E-state index in [0.717, 1.165) is 21.2 Å². The summed E-state index contributed by atoms with van der Waals surface area (Å²) in [5, 5.41) is 0. The molecule has 7 nitrogen and oxygen atoms in total. The summed E-state index contributed by atoms with van der Waals surface area (Å²) in [6.45, 7) is 1.77. The van der Waals surface area contributed by atoms with Gasteiger partial charge in [-0.15, -0.1) is 0 Å². The van der Waals surface area contributed by atoms with Gasteiger partial charge in [0.25, 0.3) is 0 Å². The molecule has 2 heterocycles. The van der Waals surface area contributed by atoms with Crippen LogP contribution in [0.4, 0.5) is 0 Å². The molecule has 2 saturated heterocycles. The first-order valence-electron chi connectivity index (χ1n) is 14.1. The van der Waals surface area contributed by atoms with E-state index in [1.807, 2.05) is 67.6 Å². The molecule has 0 N–H and O–H groups in total. The van der Waals surface area contributed by atoms with Gasteiger partial charge in [0.2, 0.25) is 20.0 Å². The normalized spacial score (nSPS) is 23.5. The van der Waals surface area contributed by atoms with Gasteiger partial charge in [-0.2, -0.15) is 8.61 Å². The molecule has 10 heteroatoms. The quantitative estimate of drug-likeness (QED) is 0.239. The molecule has 43 heavy (non-hydrogen) atoms. The lowest BCUT2D eigenvalue weighted by atomic mass is 9.77. The second-order valence-corrected chi connectivity index (χ2v) is 15.8. The molecule has 4 aromatic rings. The van der Waals surface area contributed by atoms with Crippen LogP contribution in [0.5, 0.6) is 0 Å². The maximum atomic E-state index is 14.5. The zero-order chi connectivity index (χ0) is 30.4. The van der Waals surface area contributed by atoms with Gasteiger partial charge < -0.3 is 0 Å². The Labute approximate surface area is 261 Å². The van der Waals surface area contributed by atoms with Crippen molar-refractivity contribution in [1.82, 2.24) is 8.61 Å². The maximum absolute atomic E-state index is 14.5. The minimum atomic E-state index is -4.09. The molecule has 0 saturated carbocycles. The topological polar surface area (TPSA) is 91.8 Å². The molecule has 0 unspecified atom stereocenters. The number of fused-ring (bicyclic) bond motifs is 1. The zero-order valence-electron chi connectivity index (χ0n) is 23.5. The summed E-state index contributed by atoms with van der Waals surface area (Å²) in [4.78, 5) is 14.2. The van der Waals surface area contributed by atoms with E-state index in [9.17, 15) is 21.6 Å². The lowest BCUT2D eigenvalue weighted by Crippen LogP contribution is -2.60. The molecule has 4 aromatic carbocycles. The fraction of sp³-hybridized carbons (Fsp3) is 0.242. The Morgan fingerprint density at radius 1 is 0.674 bits per heavy atom. The summed E-state index contributed by atoms with van der Waals surface area (Å²) >= 11 is 3.39. The molecule has 0 spiro atoms. The number of ketones is 1. The molecule has 222 valence electrons. The van der Waals surface area contributed by atoms with E-state index in [4.69, 9.17) is 0 Å². The fourth-order valence-electron chi connectivity index (χ4n) is 6.32. The van der Waals surface area contributed by atoms with Crippen LogP contribution in [-0.2, 0) is 24.8 Å². The van der Waals surface area contributed by atoms with Gasteiger partial charge in [-0.3, -0.25) is 4.79 Å². The fourth-order valence-corrected chi connectivity index (χ4v) is 10.1. The zero-order valence-corrected chi connectivity index (χ0v) is 26.7. The predicted octanol–water partition coefficient (Wildman–Crippen LogP) is 6.28. The van der Waals surface area contributed by atoms with Crippen molar-refractivity contribution in [3.63, 3.8) is 0 Å². The van der Waals surface area contributed by atoms with Crippen molar-refractivity contribution in [2.45, 2.75) is 47.7 Å². The molecule has 2 aliphatic rings. The van der Waals surface area contributed by atoms with Gasteiger partial charge in [-0.1, -0.05) is 94.3 Å². The smallest absolute Gasteiger partial charge is 0.243 e. The van der Waals surface area contributed by atoms with E-state index < -0.39 is 44.1 Å². The number of hydrogen-bond acceptors (Lipinski definition) is 5. The number of aryl methyl sites for hydroxylation is 1. The second kappa shape index (κ2) is 11.7. The third kappa shape index (κ3) is 5.62. The van der Waals surface area contributed by atoms with Crippen LogP contribution >= 0.6 is 15.9 Å². The molecule has 0 bridgehead atoms. The van der Waals surface area contributed by atoms with Gasteiger partial charge in [-0.05, 0) is 60.9 Å². The largest absolute Gasteiger partial charge is 0.299 e. The molecule has 2 aliphatic heterocycles. The lowest BCUT2D eigenvalue weighted by molar-refractivity contribution is -0.132. The minimum Gasteiger partial charge on any atom is -0.299 e. The van der Waals surface area contributed by atoms with E-state index in [2.05, 4.69) is 15.9 Å². The summed E-state index contributed by atoms with van der Waals surface area (Å²) < 4.78 is 60.9. The van der Waals surface area contributed by atoms with Crippen LogP contribution in [0, 0.1) is 12.8 Å². The molecule has 2 fully saturated rings. The first kappa shape index (κ1) is 29.9. The van der Waals surface area contributed by atoms with Gasteiger partial charge in [0.1, 0.15) is 5.78 Å². The van der Waals surface area contributed by atoms with E-state index >= 15 is 0 Å². The third-order valence-corrected chi connectivity index (χ3v) is 12.8. The number of carbonyl (C=O) groups is 1. The monoisotopic (exact) mass is 678 g/mol. The highest BCUT2D eigenvalue weighted by Gasteiger charge is 2.54. The summed E-state index contributed by atoms with van der Waals surface area (Å²) in [7, 11) is -8.11. The van der Waals surface area contributed by atoms with Crippen LogP contribution in [0.1, 0.15) is 41.6 Å². The van der Waals surface area contributed by atoms with E-state index in [-0.39, 0.29) is 35.0 Å². The van der Waals surface area contributed by atoms with Crippen molar-refractivity contribution in [2.24, 2.45) is 5.92 Å². The number of halogens is 1. The van der Waals surface area contributed by atoms with Crippen LogP contribution in [0.15, 0.2) is 123 Å². The number of Topliss-reactive ketones (excluding diaryl/α,β-unsaturated/α-hetero) is 1.